The van der Waals surface area contributed by atoms with E-state index in [1.165, 1.54) is 19.6 Å². The molecule has 6 heteroatoms. The Morgan fingerprint density at radius 1 is 1.44 bits per heavy atom. The van der Waals surface area contributed by atoms with Crippen LogP contribution in [0.1, 0.15) is 38.2 Å². The van der Waals surface area contributed by atoms with Gasteiger partial charge in [-0.1, -0.05) is 37.3 Å². The van der Waals surface area contributed by atoms with Crippen LogP contribution in [-0.4, -0.2) is 25.7 Å². The summed E-state index contributed by atoms with van der Waals surface area (Å²) >= 11 is 6.24. The van der Waals surface area contributed by atoms with Gasteiger partial charge in [0.05, 0.1) is 12.1 Å². The van der Waals surface area contributed by atoms with Gasteiger partial charge in [0.2, 0.25) is 0 Å². The van der Waals surface area contributed by atoms with Gasteiger partial charge in [-0.15, -0.1) is 6.42 Å². The fourth-order valence-corrected chi connectivity index (χ4v) is 3.44. The maximum atomic E-state index is 12.5. The van der Waals surface area contributed by atoms with Gasteiger partial charge < -0.3 is 14.8 Å². The lowest BCUT2D eigenvalue weighted by Crippen LogP contribution is -2.41. The van der Waals surface area contributed by atoms with Crippen molar-refractivity contribution in [3.63, 3.8) is 0 Å². The minimum absolute atomic E-state index is 0.0168. The highest BCUT2D eigenvalue weighted by Gasteiger charge is 2.24. The Bertz CT molecular complexity index is 805. The van der Waals surface area contributed by atoms with Gasteiger partial charge in [0.1, 0.15) is 18.2 Å². The van der Waals surface area contributed by atoms with E-state index >= 15 is 0 Å². The largest absolute Gasteiger partial charge is 0.493 e. The predicted molar refractivity (Wildman–Crippen MR) is 105 cm³/mol. The number of hydrogen-bond acceptors (Lipinski definition) is 4. The van der Waals surface area contributed by atoms with Crippen LogP contribution in [0.4, 0.5) is 0 Å². The molecule has 0 saturated heterocycles. The minimum Gasteiger partial charge on any atom is -0.493 e. The van der Waals surface area contributed by atoms with Crippen molar-refractivity contribution in [1.29, 1.82) is 5.26 Å². The highest BCUT2D eigenvalue weighted by Crippen LogP contribution is 2.37. The molecule has 0 bridgehead atoms. The normalized spacial score (nSPS) is 19.5. The Balaban J connectivity index is 2.23. The van der Waals surface area contributed by atoms with E-state index in [-0.39, 0.29) is 29.2 Å². The van der Waals surface area contributed by atoms with Crippen LogP contribution < -0.4 is 14.8 Å². The second kappa shape index (κ2) is 9.90. The van der Waals surface area contributed by atoms with Crippen molar-refractivity contribution in [3.8, 4) is 29.9 Å². The number of terminal acetylenes is 1. The number of ether oxygens (including phenoxy) is 2. The molecule has 0 spiro atoms. The fourth-order valence-electron chi connectivity index (χ4n) is 3.17. The number of amides is 1. The molecule has 5 nitrogen and oxygen atoms in total. The summed E-state index contributed by atoms with van der Waals surface area (Å²) in [4.78, 5) is 12.5. The van der Waals surface area contributed by atoms with Crippen LogP contribution in [0, 0.1) is 29.6 Å². The summed E-state index contributed by atoms with van der Waals surface area (Å²) in [7, 11) is 1.48. The average molecular weight is 387 g/mol. The lowest BCUT2D eigenvalue weighted by Gasteiger charge is -2.29. The molecule has 1 amide bonds. The van der Waals surface area contributed by atoms with Gasteiger partial charge >= 0.3 is 0 Å². The number of halogens is 1. The van der Waals surface area contributed by atoms with Crippen molar-refractivity contribution in [2.45, 2.75) is 38.6 Å². The lowest BCUT2D eigenvalue weighted by atomic mass is 9.86. The first-order chi connectivity index (χ1) is 13.0. The molecule has 0 heterocycles. The van der Waals surface area contributed by atoms with Crippen LogP contribution in [0.3, 0.4) is 0 Å². The molecule has 1 aromatic rings. The van der Waals surface area contributed by atoms with E-state index in [0.717, 1.165) is 19.3 Å². The first-order valence-corrected chi connectivity index (χ1v) is 9.24. The zero-order valence-electron chi connectivity index (χ0n) is 15.5. The van der Waals surface area contributed by atoms with Gasteiger partial charge in [-0.3, -0.25) is 4.79 Å². The zero-order valence-corrected chi connectivity index (χ0v) is 16.3. The van der Waals surface area contributed by atoms with Crippen molar-refractivity contribution < 1.29 is 14.3 Å². The summed E-state index contributed by atoms with van der Waals surface area (Å²) in [5.74, 6) is 3.10. The summed E-state index contributed by atoms with van der Waals surface area (Å²) < 4.78 is 10.7. The number of rotatable bonds is 6. The molecule has 142 valence electrons. The molecule has 1 aromatic carbocycles. The summed E-state index contributed by atoms with van der Waals surface area (Å²) in [5.41, 5.74) is 0.580. The smallest absolute Gasteiger partial charge is 0.262 e. The summed E-state index contributed by atoms with van der Waals surface area (Å²) in [6, 6.07) is 5.31. The molecule has 27 heavy (non-hydrogen) atoms. The second-order valence-electron chi connectivity index (χ2n) is 6.54. The summed E-state index contributed by atoms with van der Waals surface area (Å²) in [5, 5.41) is 12.7. The van der Waals surface area contributed by atoms with E-state index in [1.54, 1.807) is 12.1 Å². The molecule has 1 aliphatic carbocycles. The molecule has 0 radical (unpaired) electrons. The van der Waals surface area contributed by atoms with Gasteiger partial charge in [-0.05, 0) is 42.5 Å². The number of nitriles is 1. The number of hydrogen-bond donors (Lipinski definition) is 1. The third kappa shape index (κ3) is 5.42. The molecule has 1 fully saturated rings. The van der Waals surface area contributed by atoms with E-state index in [0.29, 0.717) is 23.0 Å². The Hall–Kier alpha value is -2.63. The van der Waals surface area contributed by atoms with Crippen LogP contribution in [0.15, 0.2) is 17.7 Å². The lowest BCUT2D eigenvalue weighted by molar-refractivity contribution is -0.118. The first-order valence-electron chi connectivity index (χ1n) is 8.86. The molecule has 0 aromatic heterocycles. The van der Waals surface area contributed by atoms with Crippen molar-refractivity contribution >= 4 is 23.6 Å². The number of nitrogens with zero attached hydrogens (tertiary/aromatic N) is 1. The van der Waals surface area contributed by atoms with Crippen molar-refractivity contribution in [1.82, 2.24) is 5.32 Å². The van der Waals surface area contributed by atoms with Gasteiger partial charge in [0.15, 0.2) is 11.5 Å². The standard InChI is InChI=1S/C21H23ClN2O3/c1-4-9-27-20-17(22)11-15(12-19(20)26-3)10-16(13-23)21(25)24-18-8-6-5-7-14(18)2/h1,10-12,14,18H,5-9H2,2-3H3,(H,24,25)/b16-10+/t14-,18-/m1/s1. The fraction of sp³-hybridized carbons (Fsp3) is 0.429. The van der Waals surface area contributed by atoms with E-state index in [2.05, 4.69) is 18.2 Å². The first kappa shape index (κ1) is 20.7. The summed E-state index contributed by atoms with van der Waals surface area (Å²) in [6.45, 7) is 2.18. The number of carbonyl (C=O) groups is 1. The number of carbonyl (C=O) groups excluding carboxylic acids is 1. The molecule has 1 aliphatic rings. The SMILES string of the molecule is C#CCOc1c(Cl)cc(/C=C(\C#N)C(=O)N[C@@H]2CCCC[C@H]2C)cc1OC. The maximum Gasteiger partial charge on any atom is 0.262 e. The second-order valence-corrected chi connectivity index (χ2v) is 6.95. The van der Waals surface area contributed by atoms with E-state index in [9.17, 15) is 10.1 Å². The highest BCUT2D eigenvalue weighted by atomic mass is 35.5. The molecule has 0 unspecified atom stereocenters. The van der Waals surface area contributed by atoms with Gasteiger partial charge in [0, 0.05) is 6.04 Å². The predicted octanol–water partition coefficient (Wildman–Crippen LogP) is 3.96. The van der Waals surface area contributed by atoms with E-state index in [1.807, 2.05) is 6.07 Å². The van der Waals surface area contributed by atoms with Crippen molar-refractivity contribution in [2.75, 3.05) is 13.7 Å². The number of methoxy groups -OCH3 is 1. The highest BCUT2D eigenvalue weighted by molar-refractivity contribution is 6.32. The maximum absolute atomic E-state index is 12.5. The van der Waals surface area contributed by atoms with Gasteiger partial charge in [-0.2, -0.15) is 5.26 Å². The van der Waals surface area contributed by atoms with Crippen LogP contribution in [-0.2, 0) is 4.79 Å². The van der Waals surface area contributed by atoms with Crippen LogP contribution in [0.2, 0.25) is 5.02 Å². The van der Waals surface area contributed by atoms with E-state index < -0.39 is 0 Å². The average Bonchev–Trinajstić information content (AvgIpc) is 2.66. The van der Waals surface area contributed by atoms with Crippen molar-refractivity contribution in [2.24, 2.45) is 5.92 Å². The van der Waals surface area contributed by atoms with Crippen LogP contribution in [0.5, 0.6) is 11.5 Å². The van der Waals surface area contributed by atoms with Gasteiger partial charge in [-0.25, -0.2) is 0 Å². The summed E-state index contributed by atoms with van der Waals surface area (Å²) in [6.07, 6.45) is 11.0. The minimum atomic E-state index is -0.376. The Morgan fingerprint density at radius 3 is 2.81 bits per heavy atom. The Labute approximate surface area is 165 Å². The third-order valence-electron chi connectivity index (χ3n) is 4.66. The van der Waals surface area contributed by atoms with Crippen molar-refractivity contribution in [3.05, 3.63) is 28.3 Å². The quantitative estimate of drug-likeness (QED) is 0.456. The Kier molecular flexibility index (Phi) is 7.58. The molecule has 1 N–H and O–H groups in total. The third-order valence-corrected chi connectivity index (χ3v) is 4.94. The van der Waals surface area contributed by atoms with Gasteiger partial charge in [0.25, 0.3) is 5.91 Å². The topological polar surface area (TPSA) is 71.3 Å². The molecule has 2 rings (SSSR count). The Morgan fingerprint density at radius 2 is 2.19 bits per heavy atom. The number of nitrogens with one attached hydrogen (secondary N) is 1. The van der Waals surface area contributed by atoms with Crippen LogP contribution >= 0.6 is 11.6 Å². The molecular weight excluding hydrogens is 364 g/mol. The monoisotopic (exact) mass is 386 g/mol. The molecular formula is C21H23ClN2O3. The molecule has 1 saturated carbocycles. The molecule has 0 aliphatic heterocycles. The number of benzene rings is 1. The van der Waals surface area contributed by atoms with E-state index in [4.69, 9.17) is 27.5 Å². The zero-order chi connectivity index (χ0) is 19.8. The molecule has 2 atom stereocenters. The van der Waals surface area contributed by atoms with Crippen LogP contribution in [0.25, 0.3) is 6.08 Å².